The predicted octanol–water partition coefficient (Wildman–Crippen LogP) is 2.82. The van der Waals surface area contributed by atoms with Crippen LogP contribution in [0.25, 0.3) is 0 Å². The summed E-state index contributed by atoms with van der Waals surface area (Å²) in [6.45, 7) is 3.33. The lowest BCUT2D eigenvalue weighted by atomic mass is 9.96. The molecule has 7 heteroatoms. The lowest BCUT2D eigenvalue weighted by molar-refractivity contribution is 0.172. The molecule has 0 aromatic heterocycles. The van der Waals surface area contributed by atoms with Crippen LogP contribution in [0.1, 0.15) is 26.7 Å². The molecule has 0 spiro atoms. The van der Waals surface area contributed by atoms with Crippen molar-refractivity contribution in [1.29, 1.82) is 0 Å². The molecule has 0 radical (unpaired) electrons. The molecule has 0 unspecified atom stereocenters. The van der Waals surface area contributed by atoms with E-state index in [-0.39, 0.29) is 21.5 Å². The van der Waals surface area contributed by atoms with E-state index in [2.05, 4.69) is 4.72 Å². The zero-order valence-electron chi connectivity index (χ0n) is 10.8. The van der Waals surface area contributed by atoms with Crippen LogP contribution in [0.4, 0.5) is 0 Å². The third-order valence-electron chi connectivity index (χ3n) is 3.21. The average molecular weight is 326 g/mol. The van der Waals surface area contributed by atoms with Crippen molar-refractivity contribution in [3.63, 3.8) is 0 Å². The van der Waals surface area contributed by atoms with Gasteiger partial charge in [0, 0.05) is 0 Å². The summed E-state index contributed by atoms with van der Waals surface area (Å²) < 4.78 is 27.2. The first kappa shape index (κ1) is 16.7. The lowest BCUT2D eigenvalue weighted by Crippen LogP contribution is -2.50. The van der Waals surface area contributed by atoms with Crippen LogP contribution < -0.4 is 4.72 Å². The van der Waals surface area contributed by atoms with Crippen molar-refractivity contribution < 1.29 is 13.5 Å². The number of hydrogen-bond donors (Lipinski definition) is 2. The molecule has 0 aliphatic heterocycles. The minimum Gasteiger partial charge on any atom is -0.394 e. The summed E-state index contributed by atoms with van der Waals surface area (Å²) in [7, 11) is -3.83. The van der Waals surface area contributed by atoms with Crippen LogP contribution in [0.2, 0.25) is 10.0 Å². The molecule has 0 saturated heterocycles. The Morgan fingerprint density at radius 1 is 1.26 bits per heavy atom. The molecule has 1 rings (SSSR count). The third-order valence-corrected chi connectivity index (χ3v) is 5.76. The Balaban J connectivity index is 3.22. The molecule has 0 atom stereocenters. The van der Waals surface area contributed by atoms with Crippen molar-refractivity contribution in [2.75, 3.05) is 6.61 Å². The van der Waals surface area contributed by atoms with Gasteiger partial charge in [-0.3, -0.25) is 0 Å². The third kappa shape index (κ3) is 3.61. The molecule has 0 bridgehead atoms. The van der Waals surface area contributed by atoms with Crippen molar-refractivity contribution in [2.45, 2.75) is 37.1 Å². The molecule has 1 aromatic carbocycles. The van der Waals surface area contributed by atoms with Crippen LogP contribution in [-0.2, 0) is 10.0 Å². The summed E-state index contributed by atoms with van der Waals surface area (Å²) in [5, 5.41) is 9.58. The summed E-state index contributed by atoms with van der Waals surface area (Å²) in [5.41, 5.74) is -0.884. The molecule has 0 saturated carbocycles. The summed E-state index contributed by atoms with van der Waals surface area (Å²) in [5.74, 6) is 0. The maximum absolute atomic E-state index is 12.3. The number of aliphatic hydroxyl groups is 1. The van der Waals surface area contributed by atoms with E-state index in [1.54, 1.807) is 0 Å². The van der Waals surface area contributed by atoms with Gasteiger partial charge in [-0.25, -0.2) is 13.1 Å². The molecule has 0 aliphatic carbocycles. The standard InChI is InChI=1S/C12H17Cl2NO3S/c1-3-12(4-2,8-16)15-19(17,18)10-7-5-6-9(13)11(10)14/h5-7,15-16H,3-4,8H2,1-2H3. The second-order valence-corrected chi connectivity index (χ2v) is 6.74. The van der Waals surface area contributed by atoms with Crippen molar-refractivity contribution in [2.24, 2.45) is 0 Å². The SMILES string of the molecule is CCC(CC)(CO)NS(=O)(=O)c1cccc(Cl)c1Cl. The zero-order valence-corrected chi connectivity index (χ0v) is 13.1. The van der Waals surface area contributed by atoms with E-state index in [1.807, 2.05) is 13.8 Å². The minimum absolute atomic E-state index is 0.0179. The largest absolute Gasteiger partial charge is 0.394 e. The first-order valence-electron chi connectivity index (χ1n) is 5.90. The van der Waals surface area contributed by atoms with Crippen molar-refractivity contribution >= 4 is 33.2 Å². The number of rotatable bonds is 6. The van der Waals surface area contributed by atoms with Gasteiger partial charge in [0.05, 0.1) is 22.2 Å². The number of halogens is 2. The second kappa shape index (κ2) is 6.41. The van der Waals surface area contributed by atoms with Crippen LogP contribution in [0, 0.1) is 0 Å². The van der Waals surface area contributed by atoms with Gasteiger partial charge in [0.25, 0.3) is 0 Å². The highest BCUT2D eigenvalue weighted by Crippen LogP contribution is 2.30. The summed E-state index contributed by atoms with van der Waals surface area (Å²) in [4.78, 5) is -0.0820. The lowest BCUT2D eigenvalue weighted by Gasteiger charge is -2.30. The van der Waals surface area contributed by atoms with Gasteiger partial charge >= 0.3 is 0 Å². The highest BCUT2D eigenvalue weighted by Gasteiger charge is 2.32. The Hall–Kier alpha value is -0.330. The average Bonchev–Trinajstić information content (AvgIpc) is 2.39. The molecule has 19 heavy (non-hydrogen) atoms. The Morgan fingerprint density at radius 3 is 2.32 bits per heavy atom. The van der Waals surface area contributed by atoms with Crippen molar-refractivity contribution in [3.8, 4) is 0 Å². The quantitative estimate of drug-likeness (QED) is 0.845. The molecule has 1 aromatic rings. The summed E-state index contributed by atoms with van der Waals surface area (Å²) in [6, 6.07) is 4.41. The Kier molecular flexibility index (Phi) is 5.65. The van der Waals surface area contributed by atoms with Gasteiger partial charge in [-0.05, 0) is 25.0 Å². The molecule has 4 nitrogen and oxygen atoms in total. The molecule has 0 heterocycles. The van der Waals surface area contributed by atoms with E-state index in [9.17, 15) is 13.5 Å². The number of benzene rings is 1. The van der Waals surface area contributed by atoms with Crippen LogP contribution in [0.5, 0.6) is 0 Å². The fraction of sp³-hybridized carbons (Fsp3) is 0.500. The number of nitrogens with one attached hydrogen (secondary N) is 1. The highest BCUT2D eigenvalue weighted by atomic mass is 35.5. The van der Waals surface area contributed by atoms with Crippen LogP contribution in [0.15, 0.2) is 23.1 Å². The minimum atomic E-state index is -3.83. The Bertz CT molecular complexity index is 534. The van der Waals surface area contributed by atoms with Gasteiger partial charge in [0.15, 0.2) is 0 Å². The van der Waals surface area contributed by atoms with E-state index in [0.717, 1.165) is 0 Å². The van der Waals surface area contributed by atoms with E-state index in [4.69, 9.17) is 23.2 Å². The fourth-order valence-electron chi connectivity index (χ4n) is 1.68. The Morgan fingerprint density at radius 2 is 1.84 bits per heavy atom. The monoisotopic (exact) mass is 325 g/mol. The number of sulfonamides is 1. The predicted molar refractivity (Wildman–Crippen MR) is 77.2 cm³/mol. The smallest absolute Gasteiger partial charge is 0.242 e. The molecule has 108 valence electrons. The second-order valence-electron chi connectivity index (χ2n) is 4.30. The van der Waals surface area contributed by atoms with Gasteiger partial charge in [-0.15, -0.1) is 0 Å². The molecule has 0 amide bonds. The molecular formula is C12H17Cl2NO3S. The van der Waals surface area contributed by atoms with Gasteiger partial charge in [-0.1, -0.05) is 43.1 Å². The highest BCUT2D eigenvalue weighted by molar-refractivity contribution is 7.89. The van der Waals surface area contributed by atoms with E-state index >= 15 is 0 Å². The van der Waals surface area contributed by atoms with Crippen LogP contribution >= 0.6 is 23.2 Å². The number of aliphatic hydroxyl groups excluding tert-OH is 1. The maximum atomic E-state index is 12.3. The Labute approximate surface area is 123 Å². The van der Waals surface area contributed by atoms with Crippen LogP contribution in [0.3, 0.4) is 0 Å². The molecule has 0 fully saturated rings. The maximum Gasteiger partial charge on any atom is 0.242 e. The van der Waals surface area contributed by atoms with Crippen molar-refractivity contribution in [1.82, 2.24) is 4.72 Å². The zero-order chi connectivity index (χ0) is 14.7. The van der Waals surface area contributed by atoms with E-state index < -0.39 is 15.6 Å². The molecule has 2 N–H and O–H groups in total. The van der Waals surface area contributed by atoms with Gasteiger partial charge < -0.3 is 5.11 Å². The molecular weight excluding hydrogens is 309 g/mol. The topological polar surface area (TPSA) is 66.4 Å². The van der Waals surface area contributed by atoms with E-state index in [0.29, 0.717) is 12.8 Å². The number of hydrogen-bond acceptors (Lipinski definition) is 3. The van der Waals surface area contributed by atoms with Gasteiger partial charge in [0.1, 0.15) is 4.90 Å². The molecule has 0 aliphatic rings. The van der Waals surface area contributed by atoms with Gasteiger partial charge in [0.2, 0.25) is 10.0 Å². The van der Waals surface area contributed by atoms with Crippen molar-refractivity contribution in [3.05, 3.63) is 28.2 Å². The normalized spacial score (nSPS) is 12.7. The summed E-state index contributed by atoms with van der Waals surface area (Å²) >= 11 is 11.7. The fourth-order valence-corrected chi connectivity index (χ4v) is 3.98. The van der Waals surface area contributed by atoms with E-state index in [1.165, 1.54) is 18.2 Å². The van der Waals surface area contributed by atoms with Gasteiger partial charge in [-0.2, -0.15) is 0 Å². The summed E-state index contributed by atoms with van der Waals surface area (Å²) in [6.07, 6.45) is 0.939. The first-order valence-corrected chi connectivity index (χ1v) is 8.14. The first-order chi connectivity index (χ1) is 8.82. The van der Waals surface area contributed by atoms with Crippen LogP contribution in [-0.4, -0.2) is 25.7 Å².